The van der Waals surface area contributed by atoms with Gasteiger partial charge >= 0.3 is 0 Å². The third kappa shape index (κ3) is 3.00. The van der Waals surface area contributed by atoms with Crippen molar-refractivity contribution in [3.63, 3.8) is 0 Å². The minimum Gasteiger partial charge on any atom is -0.396 e. The van der Waals surface area contributed by atoms with Crippen LogP contribution in [0.2, 0.25) is 0 Å². The molecular weight excluding hydrogens is 286 g/mol. The highest BCUT2D eigenvalue weighted by Crippen LogP contribution is 2.31. The molecule has 1 saturated heterocycles. The van der Waals surface area contributed by atoms with Gasteiger partial charge < -0.3 is 5.11 Å². The number of hydrogen-bond acceptors (Lipinski definition) is 3. The van der Waals surface area contributed by atoms with Crippen LogP contribution in [-0.4, -0.2) is 37.5 Å². The first-order valence-corrected chi connectivity index (χ1v) is 8.91. The minimum absolute atomic E-state index is 0.0524. The predicted molar refractivity (Wildman–Crippen MR) is 84.0 cm³/mol. The minimum atomic E-state index is -3.49. The Bertz CT molecular complexity index is 611. The first-order chi connectivity index (χ1) is 9.78. The summed E-state index contributed by atoms with van der Waals surface area (Å²) in [4.78, 5) is 0.457. The lowest BCUT2D eigenvalue weighted by atomic mass is 10.0. The monoisotopic (exact) mass is 311 g/mol. The van der Waals surface area contributed by atoms with Gasteiger partial charge in [0.05, 0.1) is 4.90 Å². The Labute approximate surface area is 127 Å². The Hall–Kier alpha value is -0.910. The van der Waals surface area contributed by atoms with E-state index in [1.54, 1.807) is 4.31 Å². The molecule has 0 aromatic heterocycles. The standard InChI is InChI=1S/C16H25NO3S/c1-11-8-12(2)14(4)16(13(11)3)21(19,20)17-7-5-6-15(9-17)10-18/h8,15,18H,5-7,9-10H2,1-4H3. The molecule has 2 rings (SSSR count). The second-order valence-corrected chi connectivity index (χ2v) is 8.02. The highest BCUT2D eigenvalue weighted by atomic mass is 32.2. The zero-order valence-electron chi connectivity index (χ0n) is 13.3. The van der Waals surface area contributed by atoms with Crippen molar-refractivity contribution in [2.45, 2.75) is 45.4 Å². The molecule has 1 aromatic carbocycles. The van der Waals surface area contributed by atoms with Crippen molar-refractivity contribution >= 4 is 10.0 Å². The molecule has 21 heavy (non-hydrogen) atoms. The highest BCUT2D eigenvalue weighted by Gasteiger charge is 2.32. The van der Waals surface area contributed by atoms with E-state index in [0.717, 1.165) is 35.1 Å². The van der Waals surface area contributed by atoms with E-state index in [4.69, 9.17) is 0 Å². The summed E-state index contributed by atoms with van der Waals surface area (Å²) in [6, 6.07) is 2.04. The summed E-state index contributed by atoms with van der Waals surface area (Å²) in [6.45, 7) is 8.68. The fourth-order valence-corrected chi connectivity index (χ4v) is 5.22. The van der Waals surface area contributed by atoms with Gasteiger partial charge in [-0.15, -0.1) is 0 Å². The Morgan fingerprint density at radius 1 is 1.19 bits per heavy atom. The van der Waals surface area contributed by atoms with Crippen LogP contribution in [-0.2, 0) is 10.0 Å². The van der Waals surface area contributed by atoms with Crippen molar-refractivity contribution < 1.29 is 13.5 Å². The van der Waals surface area contributed by atoms with E-state index in [2.05, 4.69) is 0 Å². The maximum atomic E-state index is 13.0. The van der Waals surface area contributed by atoms with Crippen LogP contribution in [0.4, 0.5) is 0 Å². The van der Waals surface area contributed by atoms with Crippen molar-refractivity contribution in [2.24, 2.45) is 5.92 Å². The molecule has 1 unspecified atom stereocenters. The average Bonchev–Trinajstić information content (AvgIpc) is 2.45. The van der Waals surface area contributed by atoms with E-state index in [1.807, 2.05) is 33.8 Å². The van der Waals surface area contributed by atoms with E-state index in [1.165, 1.54) is 0 Å². The van der Waals surface area contributed by atoms with Crippen LogP contribution in [0, 0.1) is 33.6 Å². The first-order valence-electron chi connectivity index (χ1n) is 7.47. The van der Waals surface area contributed by atoms with Crippen molar-refractivity contribution in [3.8, 4) is 0 Å². The fraction of sp³-hybridized carbons (Fsp3) is 0.625. The van der Waals surface area contributed by atoms with Gasteiger partial charge in [-0.1, -0.05) is 6.07 Å². The number of piperidine rings is 1. The van der Waals surface area contributed by atoms with Gasteiger partial charge in [0.15, 0.2) is 0 Å². The molecule has 1 fully saturated rings. The molecule has 1 heterocycles. The molecule has 0 saturated carbocycles. The topological polar surface area (TPSA) is 57.6 Å². The largest absolute Gasteiger partial charge is 0.396 e. The quantitative estimate of drug-likeness (QED) is 0.932. The van der Waals surface area contributed by atoms with Crippen molar-refractivity contribution in [2.75, 3.05) is 19.7 Å². The summed E-state index contributed by atoms with van der Waals surface area (Å²) >= 11 is 0. The van der Waals surface area contributed by atoms with Crippen LogP contribution in [0.15, 0.2) is 11.0 Å². The molecule has 0 radical (unpaired) electrons. The number of benzene rings is 1. The summed E-state index contributed by atoms with van der Waals surface area (Å²) in [5.74, 6) is 0.0556. The normalized spacial score (nSPS) is 20.7. The lowest BCUT2D eigenvalue weighted by Gasteiger charge is -2.32. The van der Waals surface area contributed by atoms with Crippen molar-refractivity contribution in [1.82, 2.24) is 4.31 Å². The van der Waals surface area contributed by atoms with Crippen LogP contribution in [0.1, 0.15) is 35.1 Å². The number of aliphatic hydroxyl groups excluding tert-OH is 1. The zero-order chi connectivity index (χ0) is 15.8. The Kier molecular flexibility index (Phi) is 4.76. The smallest absolute Gasteiger partial charge is 0.243 e. The molecule has 1 atom stereocenters. The molecule has 1 aromatic rings. The number of rotatable bonds is 3. The maximum Gasteiger partial charge on any atom is 0.243 e. The fourth-order valence-electron chi connectivity index (χ4n) is 3.09. The van der Waals surface area contributed by atoms with Crippen LogP contribution >= 0.6 is 0 Å². The number of sulfonamides is 1. The molecule has 1 N–H and O–H groups in total. The lowest BCUT2D eigenvalue weighted by molar-refractivity contribution is 0.165. The molecule has 4 nitrogen and oxygen atoms in total. The second-order valence-electron chi connectivity index (χ2n) is 6.14. The number of aliphatic hydroxyl groups is 1. The molecular formula is C16H25NO3S. The molecule has 0 amide bonds. The Morgan fingerprint density at radius 2 is 1.76 bits per heavy atom. The zero-order valence-corrected chi connectivity index (χ0v) is 14.1. The SMILES string of the molecule is Cc1cc(C)c(C)c(S(=O)(=O)N2CCCC(CO)C2)c1C. The summed E-state index contributed by atoms with van der Waals surface area (Å²) < 4.78 is 27.6. The predicted octanol–water partition coefficient (Wildman–Crippen LogP) is 2.31. The number of aryl methyl sites for hydroxylation is 2. The number of nitrogens with zero attached hydrogens (tertiary/aromatic N) is 1. The average molecular weight is 311 g/mol. The van der Waals surface area contributed by atoms with Gasteiger partial charge in [-0.05, 0) is 68.7 Å². The van der Waals surface area contributed by atoms with Gasteiger partial charge in [0.2, 0.25) is 10.0 Å². The molecule has 118 valence electrons. The molecule has 1 aliphatic rings. The molecule has 0 bridgehead atoms. The van der Waals surface area contributed by atoms with Gasteiger partial charge in [0, 0.05) is 19.7 Å². The van der Waals surface area contributed by atoms with Crippen molar-refractivity contribution in [3.05, 3.63) is 28.3 Å². The van der Waals surface area contributed by atoms with E-state index in [0.29, 0.717) is 18.0 Å². The maximum absolute atomic E-state index is 13.0. The van der Waals surface area contributed by atoms with Crippen LogP contribution in [0.5, 0.6) is 0 Å². The summed E-state index contributed by atoms with van der Waals surface area (Å²) in [7, 11) is -3.49. The van der Waals surface area contributed by atoms with Gasteiger partial charge in [-0.25, -0.2) is 8.42 Å². The third-order valence-electron chi connectivity index (χ3n) is 4.64. The first kappa shape index (κ1) is 16.5. The van der Waals surface area contributed by atoms with Crippen LogP contribution < -0.4 is 0 Å². The van der Waals surface area contributed by atoms with E-state index in [9.17, 15) is 13.5 Å². The summed E-state index contributed by atoms with van der Waals surface area (Å²) in [6.07, 6.45) is 1.71. The van der Waals surface area contributed by atoms with Gasteiger partial charge in [0.25, 0.3) is 0 Å². The summed E-state index contributed by atoms with van der Waals surface area (Å²) in [5.41, 5.74) is 3.69. The van der Waals surface area contributed by atoms with E-state index in [-0.39, 0.29) is 12.5 Å². The van der Waals surface area contributed by atoms with Crippen LogP contribution in [0.3, 0.4) is 0 Å². The molecule has 5 heteroatoms. The molecule has 0 spiro atoms. The highest BCUT2D eigenvalue weighted by molar-refractivity contribution is 7.89. The second kappa shape index (κ2) is 6.07. The summed E-state index contributed by atoms with van der Waals surface area (Å²) in [5, 5.41) is 9.32. The third-order valence-corrected chi connectivity index (χ3v) is 6.77. The van der Waals surface area contributed by atoms with Gasteiger partial charge in [-0.2, -0.15) is 4.31 Å². The molecule has 1 aliphatic heterocycles. The lowest BCUT2D eigenvalue weighted by Crippen LogP contribution is -2.41. The van der Waals surface area contributed by atoms with E-state index >= 15 is 0 Å². The number of hydrogen-bond donors (Lipinski definition) is 1. The molecule has 0 aliphatic carbocycles. The Morgan fingerprint density at radius 3 is 2.29 bits per heavy atom. The van der Waals surface area contributed by atoms with E-state index < -0.39 is 10.0 Å². The van der Waals surface area contributed by atoms with Gasteiger partial charge in [-0.3, -0.25) is 0 Å². The van der Waals surface area contributed by atoms with Gasteiger partial charge in [0.1, 0.15) is 0 Å². The van der Waals surface area contributed by atoms with Crippen molar-refractivity contribution in [1.29, 1.82) is 0 Å². The Balaban J connectivity index is 2.50. The van der Waals surface area contributed by atoms with Crippen LogP contribution in [0.25, 0.3) is 0 Å².